The van der Waals surface area contributed by atoms with Gasteiger partial charge in [-0.05, 0) is 42.0 Å². The fraction of sp³-hybridized carbons (Fsp3) is 0.158. The Morgan fingerprint density at radius 1 is 1.08 bits per heavy atom. The summed E-state index contributed by atoms with van der Waals surface area (Å²) in [6.07, 6.45) is 3.61. The van der Waals surface area contributed by atoms with Crippen LogP contribution in [0.1, 0.15) is 17.2 Å². The molecule has 0 saturated heterocycles. The van der Waals surface area contributed by atoms with Crippen molar-refractivity contribution in [2.24, 2.45) is 0 Å². The van der Waals surface area contributed by atoms with Crippen LogP contribution in [0.5, 0.6) is 11.5 Å². The molecule has 0 saturated carbocycles. The first kappa shape index (κ1) is 16.5. The summed E-state index contributed by atoms with van der Waals surface area (Å²) in [6.45, 7) is 0. The molecule has 1 aliphatic rings. The van der Waals surface area contributed by atoms with Gasteiger partial charge in [0.15, 0.2) is 0 Å². The van der Waals surface area contributed by atoms with Crippen LogP contribution in [0.3, 0.4) is 0 Å². The number of nitrogens with zero attached hydrogens (tertiary/aromatic N) is 3. The highest BCUT2D eigenvalue weighted by atomic mass is 35.5. The van der Waals surface area contributed by atoms with Crippen LogP contribution in [0.15, 0.2) is 54.9 Å². The summed E-state index contributed by atoms with van der Waals surface area (Å²) < 4.78 is 12.8. The molecule has 0 radical (unpaired) electrons. The van der Waals surface area contributed by atoms with Crippen LogP contribution in [-0.2, 0) is 0 Å². The highest BCUT2D eigenvalue weighted by molar-refractivity contribution is 6.30. The summed E-state index contributed by atoms with van der Waals surface area (Å²) in [5.41, 5.74) is 2.87. The topological polar surface area (TPSA) is 61.2 Å². The first-order chi connectivity index (χ1) is 12.7. The summed E-state index contributed by atoms with van der Waals surface area (Å²) in [6, 6.07) is 13.2. The number of hydrogen-bond acceptors (Lipinski definition) is 5. The molecule has 4 rings (SSSR count). The molecule has 1 aliphatic heterocycles. The molecule has 1 N–H and O–H groups in total. The molecule has 0 aliphatic carbocycles. The van der Waals surface area contributed by atoms with E-state index in [4.69, 9.17) is 21.1 Å². The van der Waals surface area contributed by atoms with E-state index in [-0.39, 0.29) is 6.04 Å². The van der Waals surface area contributed by atoms with E-state index >= 15 is 0 Å². The molecule has 0 fully saturated rings. The zero-order valence-corrected chi connectivity index (χ0v) is 15.1. The summed E-state index contributed by atoms with van der Waals surface area (Å²) in [5.74, 6) is 2.17. The first-order valence-corrected chi connectivity index (χ1v) is 8.43. The third-order valence-corrected chi connectivity index (χ3v) is 4.57. The molecule has 0 bridgehead atoms. The Balaban J connectivity index is 1.85. The number of fused-ring (bicyclic) bond motifs is 1. The van der Waals surface area contributed by atoms with Gasteiger partial charge in [-0.1, -0.05) is 23.7 Å². The van der Waals surface area contributed by atoms with Crippen molar-refractivity contribution < 1.29 is 9.47 Å². The molecule has 0 amide bonds. The largest absolute Gasteiger partial charge is 0.497 e. The maximum atomic E-state index is 6.01. The van der Waals surface area contributed by atoms with Crippen molar-refractivity contribution in [1.82, 2.24) is 14.8 Å². The van der Waals surface area contributed by atoms with Gasteiger partial charge in [-0.3, -0.25) is 0 Å². The van der Waals surface area contributed by atoms with Crippen LogP contribution in [0.2, 0.25) is 5.02 Å². The molecule has 3 aromatic rings. The number of halogens is 1. The lowest BCUT2D eigenvalue weighted by atomic mass is 10.0. The lowest BCUT2D eigenvalue weighted by molar-refractivity contribution is 0.394. The summed E-state index contributed by atoms with van der Waals surface area (Å²) in [7, 11) is 3.29. The Labute approximate surface area is 156 Å². The zero-order valence-electron chi connectivity index (χ0n) is 14.3. The summed E-state index contributed by atoms with van der Waals surface area (Å²) >= 11 is 6.01. The van der Waals surface area contributed by atoms with E-state index in [9.17, 15) is 0 Å². The van der Waals surface area contributed by atoms with E-state index in [1.807, 2.05) is 47.1 Å². The number of anilines is 1. The fourth-order valence-electron chi connectivity index (χ4n) is 3.02. The Hall–Kier alpha value is -2.99. The maximum Gasteiger partial charge on any atom is 0.226 e. The van der Waals surface area contributed by atoms with Crippen molar-refractivity contribution >= 4 is 23.2 Å². The van der Waals surface area contributed by atoms with Crippen LogP contribution >= 0.6 is 11.6 Å². The van der Waals surface area contributed by atoms with Crippen molar-refractivity contribution in [3.05, 3.63) is 71.0 Å². The quantitative estimate of drug-likeness (QED) is 0.754. The van der Waals surface area contributed by atoms with E-state index < -0.39 is 0 Å². The molecule has 7 heteroatoms. The van der Waals surface area contributed by atoms with E-state index in [1.54, 1.807) is 14.2 Å². The smallest absolute Gasteiger partial charge is 0.226 e. The molecule has 0 spiro atoms. The molecule has 1 aromatic heterocycles. The van der Waals surface area contributed by atoms with Crippen molar-refractivity contribution in [3.63, 3.8) is 0 Å². The van der Waals surface area contributed by atoms with Gasteiger partial charge >= 0.3 is 0 Å². The number of benzene rings is 2. The Morgan fingerprint density at radius 2 is 1.88 bits per heavy atom. The second kappa shape index (κ2) is 6.72. The minimum Gasteiger partial charge on any atom is -0.497 e. The number of methoxy groups -OCH3 is 2. The monoisotopic (exact) mass is 368 g/mol. The van der Waals surface area contributed by atoms with Crippen LogP contribution < -0.4 is 14.8 Å². The molecule has 2 aromatic carbocycles. The Morgan fingerprint density at radius 3 is 2.62 bits per heavy atom. The minimum atomic E-state index is -0.190. The van der Waals surface area contributed by atoms with Gasteiger partial charge < -0.3 is 14.8 Å². The second-order valence-corrected chi connectivity index (χ2v) is 6.23. The van der Waals surface area contributed by atoms with Gasteiger partial charge in [0, 0.05) is 16.3 Å². The van der Waals surface area contributed by atoms with Gasteiger partial charge in [0.2, 0.25) is 5.95 Å². The Bertz CT molecular complexity index is 966. The third kappa shape index (κ3) is 2.88. The van der Waals surface area contributed by atoms with Gasteiger partial charge in [0.1, 0.15) is 23.9 Å². The SMILES string of the molecule is COc1ccc(OC)c([C@@H]2C=C(c3ccc(Cl)cc3)Nc3ncnn32)c1. The highest BCUT2D eigenvalue weighted by Crippen LogP contribution is 2.37. The predicted octanol–water partition coefficient (Wildman–Crippen LogP) is 4.00. The highest BCUT2D eigenvalue weighted by Gasteiger charge is 2.26. The van der Waals surface area contributed by atoms with E-state index in [2.05, 4.69) is 21.5 Å². The first-order valence-electron chi connectivity index (χ1n) is 8.06. The summed E-state index contributed by atoms with van der Waals surface area (Å²) in [5, 5.41) is 8.38. The number of rotatable bonds is 4. The molecular weight excluding hydrogens is 352 g/mol. The molecule has 0 unspecified atom stereocenters. The van der Waals surface area contributed by atoms with Gasteiger partial charge in [-0.2, -0.15) is 10.1 Å². The van der Waals surface area contributed by atoms with E-state index in [0.717, 1.165) is 28.3 Å². The summed E-state index contributed by atoms with van der Waals surface area (Å²) in [4.78, 5) is 4.33. The minimum absolute atomic E-state index is 0.190. The average Bonchev–Trinajstić information content (AvgIpc) is 3.16. The van der Waals surface area contributed by atoms with Crippen molar-refractivity contribution in [2.45, 2.75) is 6.04 Å². The van der Waals surface area contributed by atoms with E-state index in [1.165, 1.54) is 6.33 Å². The van der Waals surface area contributed by atoms with Crippen LogP contribution in [0.25, 0.3) is 5.70 Å². The number of aromatic nitrogens is 3. The predicted molar refractivity (Wildman–Crippen MR) is 101 cm³/mol. The number of hydrogen-bond donors (Lipinski definition) is 1. The number of nitrogens with one attached hydrogen (secondary N) is 1. The molecule has 2 heterocycles. The molecule has 132 valence electrons. The molecule has 6 nitrogen and oxygen atoms in total. The molecule has 1 atom stereocenters. The molecular formula is C19H17ClN4O2. The number of allylic oxidation sites excluding steroid dienone is 1. The fourth-order valence-corrected chi connectivity index (χ4v) is 3.15. The van der Waals surface area contributed by atoms with Gasteiger partial charge in [-0.15, -0.1) is 0 Å². The molecule has 26 heavy (non-hydrogen) atoms. The van der Waals surface area contributed by atoms with E-state index in [0.29, 0.717) is 11.0 Å². The van der Waals surface area contributed by atoms with Gasteiger partial charge in [0.05, 0.1) is 14.2 Å². The van der Waals surface area contributed by atoms with Crippen LogP contribution in [0, 0.1) is 0 Å². The van der Waals surface area contributed by atoms with Crippen LogP contribution in [-0.4, -0.2) is 29.0 Å². The normalized spacial score (nSPS) is 15.7. The lowest BCUT2D eigenvalue weighted by Crippen LogP contribution is -2.20. The van der Waals surface area contributed by atoms with Crippen molar-refractivity contribution in [2.75, 3.05) is 19.5 Å². The Kier molecular flexibility index (Phi) is 4.26. The van der Waals surface area contributed by atoms with Crippen molar-refractivity contribution in [3.8, 4) is 11.5 Å². The third-order valence-electron chi connectivity index (χ3n) is 4.32. The standard InChI is InChI=1S/C19H17ClN4O2/c1-25-14-7-8-18(26-2)15(9-14)17-10-16(12-3-5-13(20)6-4-12)23-19-21-11-22-24(17)19/h3-11,17H,1-2H3,(H,21,22,23)/t17-/m0/s1. The zero-order chi connectivity index (χ0) is 18.1. The number of ether oxygens (including phenoxy) is 2. The average molecular weight is 369 g/mol. The van der Waals surface area contributed by atoms with Crippen molar-refractivity contribution in [1.29, 1.82) is 0 Å². The van der Waals surface area contributed by atoms with Gasteiger partial charge in [0.25, 0.3) is 0 Å². The lowest BCUT2D eigenvalue weighted by Gasteiger charge is -2.25. The van der Waals surface area contributed by atoms with Crippen LogP contribution in [0.4, 0.5) is 5.95 Å². The maximum absolute atomic E-state index is 6.01. The second-order valence-electron chi connectivity index (χ2n) is 5.79. The van der Waals surface area contributed by atoms with Gasteiger partial charge in [-0.25, -0.2) is 4.68 Å².